The predicted molar refractivity (Wildman–Crippen MR) is 203 cm³/mol. The molecular weight excluding hydrogens is 704 g/mol. The summed E-state index contributed by atoms with van der Waals surface area (Å²) < 4.78 is 24.6. The fourth-order valence-electron chi connectivity index (χ4n) is 8.89. The Morgan fingerprint density at radius 3 is 2.67 bits per heavy atom. The summed E-state index contributed by atoms with van der Waals surface area (Å²) >= 11 is 0. The monoisotopic (exact) mass is 746 g/mol. The Hall–Kier alpha value is -5.73. The molecule has 1 spiro atoms. The number of rotatable bonds is 7. The number of allylic oxidation sites excluding steroid dienone is 1. The van der Waals surface area contributed by atoms with Gasteiger partial charge in [-0.15, -0.1) is 0 Å². The van der Waals surface area contributed by atoms with Crippen molar-refractivity contribution in [3.63, 3.8) is 0 Å². The number of pyridine rings is 2. The highest BCUT2D eigenvalue weighted by Gasteiger charge is 2.66. The second-order valence-corrected chi connectivity index (χ2v) is 15.8. The van der Waals surface area contributed by atoms with Gasteiger partial charge in [-0.2, -0.15) is 0 Å². The fourth-order valence-corrected chi connectivity index (χ4v) is 8.89. The van der Waals surface area contributed by atoms with Crippen LogP contribution in [0.1, 0.15) is 61.6 Å². The number of aliphatic imine (C=N–C) groups is 1. The molecule has 14 nitrogen and oxygen atoms in total. The Kier molecular flexibility index (Phi) is 8.06. The van der Waals surface area contributed by atoms with Gasteiger partial charge in [0.05, 0.1) is 36.3 Å². The number of nitrogens with two attached hydrogens (primary N) is 2. The van der Waals surface area contributed by atoms with Crippen LogP contribution in [0.5, 0.6) is 11.5 Å². The van der Waals surface area contributed by atoms with E-state index in [0.717, 1.165) is 28.1 Å². The minimum atomic E-state index is -1.25. The molecule has 4 aromatic rings. The molecule has 1 aromatic carbocycles. The summed E-state index contributed by atoms with van der Waals surface area (Å²) in [6.45, 7) is 6.33. The van der Waals surface area contributed by atoms with Gasteiger partial charge in [0.25, 0.3) is 0 Å². The van der Waals surface area contributed by atoms with Crippen molar-refractivity contribution in [1.29, 1.82) is 0 Å². The van der Waals surface area contributed by atoms with Crippen LogP contribution in [-0.2, 0) is 27.2 Å². The van der Waals surface area contributed by atoms with E-state index in [1.54, 1.807) is 19.1 Å². The molecule has 55 heavy (non-hydrogen) atoms. The molecule has 0 saturated carbocycles. The number of hydrogen-bond acceptors (Lipinski definition) is 14. The zero-order valence-electron chi connectivity index (χ0n) is 30.7. The van der Waals surface area contributed by atoms with Crippen molar-refractivity contribution in [2.75, 3.05) is 24.6 Å². The molecule has 284 valence electrons. The number of benzene rings is 1. The second-order valence-electron chi connectivity index (χ2n) is 15.8. The smallest absolute Gasteiger partial charge is 0.341 e. The lowest BCUT2D eigenvalue weighted by Crippen LogP contribution is -2.54. The molecule has 14 heteroatoms. The molecule has 8 heterocycles. The Labute approximate surface area is 316 Å². The second kappa shape index (κ2) is 12.7. The van der Waals surface area contributed by atoms with E-state index in [-0.39, 0.29) is 41.1 Å². The molecular formula is C41H42N6O8. The van der Waals surface area contributed by atoms with Crippen LogP contribution < -0.4 is 21.6 Å². The molecule has 0 aliphatic carbocycles. The Balaban J connectivity index is 0.938. The van der Waals surface area contributed by atoms with Gasteiger partial charge in [0.1, 0.15) is 51.6 Å². The van der Waals surface area contributed by atoms with Crippen LogP contribution in [0.15, 0.2) is 74.7 Å². The zero-order chi connectivity index (χ0) is 38.4. The van der Waals surface area contributed by atoms with Crippen LogP contribution in [-0.4, -0.2) is 73.3 Å². The van der Waals surface area contributed by atoms with Crippen molar-refractivity contribution in [2.45, 2.75) is 82.3 Å². The third kappa shape index (κ3) is 6.09. The number of aliphatic hydroxyl groups excluding tert-OH is 1. The van der Waals surface area contributed by atoms with Gasteiger partial charge >= 0.3 is 5.97 Å². The van der Waals surface area contributed by atoms with E-state index in [2.05, 4.69) is 26.1 Å². The minimum Gasteiger partial charge on any atom is -0.507 e. The average Bonchev–Trinajstić information content (AvgIpc) is 3.41. The number of esters is 1. The van der Waals surface area contributed by atoms with E-state index >= 15 is 0 Å². The maximum atomic E-state index is 14.1. The molecule has 0 amide bonds. The van der Waals surface area contributed by atoms with Crippen molar-refractivity contribution >= 4 is 34.3 Å². The normalized spacial score (nSPS) is 26.0. The highest BCUT2D eigenvalue weighted by atomic mass is 16.7. The van der Waals surface area contributed by atoms with Gasteiger partial charge in [-0.25, -0.2) is 14.8 Å². The lowest BCUT2D eigenvalue weighted by Gasteiger charge is -2.46. The molecule has 5 unspecified atom stereocenters. The molecule has 2 saturated heterocycles. The molecule has 2 fully saturated rings. The number of phenols is 1. The maximum Gasteiger partial charge on any atom is 0.341 e. The minimum absolute atomic E-state index is 0.0330. The van der Waals surface area contributed by atoms with Gasteiger partial charge in [0, 0.05) is 53.8 Å². The first-order valence-corrected chi connectivity index (χ1v) is 18.5. The first-order valence-electron chi connectivity index (χ1n) is 18.5. The lowest BCUT2D eigenvalue weighted by molar-refractivity contribution is -0.175. The molecule has 5 aliphatic rings. The van der Waals surface area contributed by atoms with Gasteiger partial charge in [-0.1, -0.05) is 0 Å². The van der Waals surface area contributed by atoms with Gasteiger partial charge in [0.15, 0.2) is 11.0 Å². The number of aliphatic hydroxyl groups is 1. The molecule has 6 N–H and O–H groups in total. The summed E-state index contributed by atoms with van der Waals surface area (Å²) in [4.78, 5) is 42.8. The van der Waals surface area contributed by atoms with Crippen LogP contribution in [0, 0.1) is 12.8 Å². The number of aromatic nitrogens is 2. The van der Waals surface area contributed by atoms with E-state index < -0.39 is 35.3 Å². The van der Waals surface area contributed by atoms with Crippen molar-refractivity contribution < 1.29 is 33.6 Å². The van der Waals surface area contributed by atoms with E-state index in [4.69, 9.17) is 30.1 Å². The van der Waals surface area contributed by atoms with Crippen molar-refractivity contribution in [2.24, 2.45) is 10.9 Å². The third-order valence-corrected chi connectivity index (χ3v) is 11.4. The molecule has 3 aromatic heterocycles. The number of hydrogen-bond donors (Lipinski definition) is 4. The predicted octanol–water partition coefficient (Wildman–Crippen LogP) is 4.44. The maximum absolute atomic E-state index is 14.1. The summed E-state index contributed by atoms with van der Waals surface area (Å²) in [7, 11) is 0. The van der Waals surface area contributed by atoms with E-state index in [9.17, 15) is 19.8 Å². The first-order chi connectivity index (χ1) is 26.3. The number of epoxide rings is 1. The zero-order valence-corrected chi connectivity index (χ0v) is 30.7. The molecule has 9 rings (SSSR count). The van der Waals surface area contributed by atoms with Crippen molar-refractivity contribution in [1.82, 2.24) is 14.9 Å². The fraction of sp³-hybridized carbons (Fsp3) is 0.390. The number of nitrogen functional groups attached to an aromatic ring is 2. The summed E-state index contributed by atoms with van der Waals surface area (Å²) in [5.74, 6) is -0.303. The van der Waals surface area contributed by atoms with Crippen molar-refractivity contribution in [3.8, 4) is 22.8 Å². The van der Waals surface area contributed by atoms with Crippen molar-refractivity contribution in [3.05, 3.63) is 93.3 Å². The highest BCUT2D eigenvalue weighted by molar-refractivity contribution is 6.07. The summed E-state index contributed by atoms with van der Waals surface area (Å²) in [5.41, 5.74) is 15.7. The standard InChI is InChI=1S/C41H42N6O8/c1-20-8-29(49)36-30(52-20)14-31-35(37(36)50)26-9-22(19-48)15-41(39(51)53-38(26)40(2,3)54-31)32(55-41)5-4-21-10-27(46-33(42)11-21)24-12-25(45-34(43)13-24)17-47-16-23-6-7-44-28(23)18-47/h6-8,10-14,16,22,26,32,38,48,50H,4-5,9,15,17-19H2,1-3H3,(H2,42,46)(H2,43,45). The number of aryl methyl sites for hydroxylation is 2. The largest absolute Gasteiger partial charge is 0.507 e. The summed E-state index contributed by atoms with van der Waals surface area (Å²) in [6.07, 6.45) is 6.15. The quantitative estimate of drug-likeness (QED) is 0.152. The molecule has 0 bridgehead atoms. The van der Waals surface area contributed by atoms with Crippen LogP contribution in [0.4, 0.5) is 11.6 Å². The van der Waals surface area contributed by atoms with Crippen LogP contribution in [0.3, 0.4) is 0 Å². The van der Waals surface area contributed by atoms with Gasteiger partial charge < -0.3 is 45.2 Å². The van der Waals surface area contributed by atoms with Gasteiger partial charge in [-0.05, 0) is 88.3 Å². The number of nitrogens with zero attached hydrogens (tertiary/aromatic N) is 4. The molecule has 0 radical (unpaired) electrons. The number of aromatic hydroxyl groups is 1. The van der Waals surface area contributed by atoms with Crippen LogP contribution in [0.25, 0.3) is 22.2 Å². The Morgan fingerprint density at radius 1 is 1.05 bits per heavy atom. The number of phenolic OH excluding ortho intramolecular Hbond substituents is 1. The summed E-state index contributed by atoms with van der Waals surface area (Å²) in [6, 6.07) is 10.4. The molecule has 5 atom stereocenters. The van der Waals surface area contributed by atoms with Crippen LogP contribution in [0.2, 0.25) is 0 Å². The number of ether oxygens (including phenoxy) is 3. The van der Waals surface area contributed by atoms with Crippen LogP contribution >= 0.6 is 0 Å². The first kappa shape index (κ1) is 35.0. The average molecular weight is 747 g/mol. The van der Waals surface area contributed by atoms with E-state index in [1.165, 1.54) is 6.07 Å². The lowest BCUT2D eigenvalue weighted by atomic mass is 9.73. The SMILES string of the molecule is Cc1cc(=O)c2c(O)c3c(cc2o1)OC(C)(C)C1OC(=O)C2(CC(CO)CC31)OC2CCc1cc(N)nc(-c2cc(N)nc(CN3C=C4C=CN=C4C3)c2)c1. The Bertz CT molecular complexity index is 2440. The topological polar surface area (TPSA) is 212 Å². The van der Waals surface area contributed by atoms with E-state index in [1.807, 2.05) is 44.3 Å². The summed E-state index contributed by atoms with van der Waals surface area (Å²) in [5, 5.41) is 22.2. The highest BCUT2D eigenvalue weighted by Crippen LogP contribution is 2.55. The Morgan fingerprint density at radius 2 is 1.87 bits per heavy atom. The number of carbonyl (C=O) groups excluding carboxylic acids is 1. The van der Waals surface area contributed by atoms with E-state index in [0.29, 0.717) is 66.8 Å². The number of carbonyl (C=O) groups is 1. The third-order valence-electron chi connectivity index (χ3n) is 11.4. The number of fused-ring (bicyclic) bond motifs is 5. The van der Waals surface area contributed by atoms with Gasteiger partial charge in [0.2, 0.25) is 0 Å². The molecule has 5 aliphatic heterocycles. The van der Waals surface area contributed by atoms with Gasteiger partial charge in [-0.3, -0.25) is 9.79 Å². The number of anilines is 2.